The maximum Gasteiger partial charge on any atom is 0.343 e. The number of aryl methyl sites for hydroxylation is 1. The first-order valence-electron chi connectivity index (χ1n) is 7.92. The van der Waals surface area contributed by atoms with E-state index in [2.05, 4.69) is 10.5 Å². The fourth-order valence-electron chi connectivity index (χ4n) is 2.37. The summed E-state index contributed by atoms with van der Waals surface area (Å²) in [7, 11) is 0. The second-order valence-corrected chi connectivity index (χ2v) is 6.11. The Hall–Kier alpha value is -3.32. The molecule has 27 heavy (non-hydrogen) atoms. The molecule has 0 aliphatic rings. The topological polar surface area (TPSA) is 102 Å². The molecule has 0 fully saturated rings. The number of hydrogen-bond donors (Lipinski definition) is 2. The first kappa shape index (κ1) is 18.5. The number of aromatic nitrogens is 1. The highest BCUT2D eigenvalue weighted by atomic mass is 35.5. The quantitative estimate of drug-likeness (QED) is 0.645. The Balaban J connectivity index is 1.86. The van der Waals surface area contributed by atoms with Crippen LogP contribution >= 0.6 is 11.6 Å². The number of aromatic hydroxyl groups is 1. The Labute approximate surface area is 159 Å². The number of carbonyl (C=O) groups is 2. The third-order valence-electron chi connectivity index (χ3n) is 3.62. The van der Waals surface area contributed by atoms with Crippen LogP contribution in [-0.2, 0) is 9.53 Å². The number of phenols is 1. The van der Waals surface area contributed by atoms with E-state index in [1.54, 1.807) is 37.3 Å². The number of benzene rings is 2. The van der Waals surface area contributed by atoms with E-state index >= 15 is 0 Å². The smallest absolute Gasteiger partial charge is 0.343 e. The number of anilines is 1. The molecule has 0 radical (unpaired) electrons. The third kappa shape index (κ3) is 4.45. The van der Waals surface area contributed by atoms with E-state index in [0.29, 0.717) is 11.3 Å². The van der Waals surface area contributed by atoms with Crippen molar-refractivity contribution in [2.75, 3.05) is 5.32 Å². The number of nitrogens with one attached hydrogen (secondary N) is 1. The molecule has 0 spiro atoms. The summed E-state index contributed by atoms with van der Waals surface area (Å²) in [5.41, 5.74) is 0.349. The first-order chi connectivity index (χ1) is 12.9. The summed E-state index contributed by atoms with van der Waals surface area (Å²) >= 11 is 5.77. The molecule has 2 aromatic carbocycles. The number of amides is 1. The maximum atomic E-state index is 12.7. The molecule has 1 atom stereocenters. The molecule has 0 aliphatic carbocycles. The Morgan fingerprint density at radius 3 is 2.56 bits per heavy atom. The van der Waals surface area contributed by atoms with Crippen LogP contribution in [0.15, 0.2) is 59.1 Å². The van der Waals surface area contributed by atoms with E-state index in [1.807, 2.05) is 0 Å². The summed E-state index contributed by atoms with van der Waals surface area (Å²) in [5, 5.41) is 16.4. The van der Waals surface area contributed by atoms with Gasteiger partial charge in [0.05, 0.1) is 0 Å². The van der Waals surface area contributed by atoms with Crippen molar-refractivity contribution >= 4 is 29.3 Å². The maximum absolute atomic E-state index is 12.7. The average Bonchev–Trinajstić information content (AvgIpc) is 3.04. The van der Waals surface area contributed by atoms with Crippen molar-refractivity contribution in [3.05, 3.63) is 76.5 Å². The molecule has 0 unspecified atom stereocenters. The van der Waals surface area contributed by atoms with E-state index < -0.39 is 18.0 Å². The molecule has 1 heterocycles. The van der Waals surface area contributed by atoms with Crippen molar-refractivity contribution < 1.29 is 24.0 Å². The first-order valence-corrected chi connectivity index (χ1v) is 8.30. The normalized spacial score (nSPS) is 11.6. The summed E-state index contributed by atoms with van der Waals surface area (Å²) < 4.78 is 10.3. The zero-order valence-electron chi connectivity index (χ0n) is 14.2. The summed E-state index contributed by atoms with van der Waals surface area (Å²) in [6.45, 7) is 1.68. The minimum atomic E-state index is -1.26. The number of phenolic OH excluding ortho intramolecular Hbond substituents is 1. The van der Waals surface area contributed by atoms with E-state index in [-0.39, 0.29) is 22.2 Å². The lowest BCUT2D eigenvalue weighted by Gasteiger charge is -2.17. The largest absolute Gasteiger partial charge is 0.507 e. The fourth-order valence-corrected chi connectivity index (χ4v) is 2.53. The molecule has 1 amide bonds. The molecule has 0 saturated heterocycles. The predicted octanol–water partition coefficient (Wildman–Crippen LogP) is 3.88. The van der Waals surface area contributed by atoms with E-state index in [9.17, 15) is 14.7 Å². The zero-order chi connectivity index (χ0) is 19.4. The summed E-state index contributed by atoms with van der Waals surface area (Å²) in [5.74, 6) is -1.11. The van der Waals surface area contributed by atoms with Crippen LogP contribution in [0.1, 0.15) is 27.8 Å². The SMILES string of the molecule is Cc1cc(NC(=O)[C@@H](OC(=O)c2ccc(Cl)cc2O)c2ccccc2)no1. The van der Waals surface area contributed by atoms with Gasteiger partial charge in [-0.3, -0.25) is 4.79 Å². The summed E-state index contributed by atoms with van der Waals surface area (Å²) in [4.78, 5) is 25.2. The van der Waals surface area contributed by atoms with Gasteiger partial charge in [0.1, 0.15) is 17.1 Å². The molecule has 3 aromatic rings. The highest BCUT2D eigenvalue weighted by Gasteiger charge is 2.27. The Morgan fingerprint density at radius 1 is 1.19 bits per heavy atom. The van der Waals surface area contributed by atoms with Gasteiger partial charge in [-0.2, -0.15) is 0 Å². The summed E-state index contributed by atoms with van der Waals surface area (Å²) in [6.07, 6.45) is -1.26. The Bertz CT molecular complexity index is 971. The lowest BCUT2D eigenvalue weighted by Crippen LogP contribution is -2.26. The van der Waals surface area contributed by atoms with E-state index in [0.717, 1.165) is 0 Å². The molecular weight excluding hydrogens is 372 g/mol. The molecule has 2 N–H and O–H groups in total. The lowest BCUT2D eigenvalue weighted by molar-refractivity contribution is -0.125. The van der Waals surface area contributed by atoms with Crippen molar-refractivity contribution in [1.82, 2.24) is 5.16 Å². The second kappa shape index (κ2) is 7.92. The third-order valence-corrected chi connectivity index (χ3v) is 3.86. The molecular formula is C19H15ClN2O5. The van der Waals surface area contributed by atoms with Gasteiger partial charge in [0, 0.05) is 16.7 Å². The average molecular weight is 387 g/mol. The number of ether oxygens (including phenoxy) is 1. The van der Waals surface area contributed by atoms with Crippen LogP contribution in [0.3, 0.4) is 0 Å². The number of rotatable bonds is 5. The van der Waals surface area contributed by atoms with Crippen LogP contribution in [0.4, 0.5) is 5.82 Å². The van der Waals surface area contributed by atoms with Crippen LogP contribution in [-0.4, -0.2) is 22.1 Å². The fraction of sp³-hybridized carbons (Fsp3) is 0.105. The molecule has 0 aliphatic heterocycles. The minimum Gasteiger partial charge on any atom is -0.507 e. The van der Waals surface area contributed by atoms with Crippen LogP contribution in [0.5, 0.6) is 5.75 Å². The number of esters is 1. The number of hydrogen-bond acceptors (Lipinski definition) is 6. The lowest BCUT2D eigenvalue weighted by atomic mass is 10.1. The number of nitrogens with zero attached hydrogens (tertiary/aromatic N) is 1. The van der Waals surface area contributed by atoms with Crippen LogP contribution < -0.4 is 5.32 Å². The van der Waals surface area contributed by atoms with Gasteiger partial charge in [-0.15, -0.1) is 0 Å². The predicted molar refractivity (Wildman–Crippen MR) is 97.6 cm³/mol. The Kier molecular flexibility index (Phi) is 5.42. The van der Waals surface area contributed by atoms with Gasteiger partial charge in [-0.1, -0.05) is 47.1 Å². The van der Waals surface area contributed by atoms with Crippen molar-refractivity contribution in [3.63, 3.8) is 0 Å². The zero-order valence-corrected chi connectivity index (χ0v) is 14.9. The standard InChI is InChI=1S/C19H15ClN2O5/c1-11-9-16(22-27-11)21-18(24)17(12-5-3-2-4-6-12)26-19(25)14-8-7-13(20)10-15(14)23/h2-10,17,23H,1H3,(H,21,22,24)/t17-/m0/s1. The van der Waals surface area contributed by atoms with Crippen LogP contribution in [0, 0.1) is 6.92 Å². The van der Waals surface area contributed by atoms with Crippen molar-refractivity contribution in [1.29, 1.82) is 0 Å². The van der Waals surface area contributed by atoms with Gasteiger partial charge in [-0.25, -0.2) is 4.79 Å². The van der Waals surface area contributed by atoms with Crippen LogP contribution in [0.2, 0.25) is 5.02 Å². The van der Waals surface area contributed by atoms with Crippen LogP contribution in [0.25, 0.3) is 0 Å². The van der Waals surface area contributed by atoms with Crippen molar-refractivity contribution in [3.8, 4) is 5.75 Å². The van der Waals surface area contributed by atoms with Gasteiger partial charge in [0.2, 0.25) is 6.10 Å². The number of carbonyl (C=O) groups excluding carboxylic acids is 2. The van der Waals surface area contributed by atoms with Gasteiger partial charge in [0.15, 0.2) is 5.82 Å². The van der Waals surface area contributed by atoms with E-state index in [4.69, 9.17) is 20.9 Å². The molecule has 3 rings (SSSR count). The molecule has 138 valence electrons. The summed E-state index contributed by atoms with van der Waals surface area (Å²) in [6, 6.07) is 14.0. The second-order valence-electron chi connectivity index (χ2n) is 5.67. The van der Waals surface area contributed by atoms with Gasteiger partial charge >= 0.3 is 5.97 Å². The molecule has 7 nitrogen and oxygen atoms in total. The monoisotopic (exact) mass is 386 g/mol. The highest BCUT2D eigenvalue weighted by molar-refractivity contribution is 6.30. The Morgan fingerprint density at radius 2 is 1.93 bits per heavy atom. The van der Waals surface area contributed by atoms with E-state index in [1.165, 1.54) is 24.3 Å². The molecule has 0 saturated carbocycles. The molecule has 8 heteroatoms. The highest BCUT2D eigenvalue weighted by Crippen LogP contribution is 2.26. The van der Waals surface area contributed by atoms with Gasteiger partial charge in [0.25, 0.3) is 5.91 Å². The van der Waals surface area contributed by atoms with Gasteiger partial charge in [-0.05, 0) is 25.1 Å². The molecule has 0 bridgehead atoms. The van der Waals surface area contributed by atoms with Crippen molar-refractivity contribution in [2.45, 2.75) is 13.0 Å². The minimum absolute atomic E-state index is 0.106. The number of halogens is 1. The van der Waals surface area contributed by atoms with Gasteiger partial charge < -0.3 is 19.7 Å². The van der Waals surface area contributed by atoms with Crippen molar-refractivity contribution in [2.24, 2.45) is 0 Å². The molecule has 1 aromatic heterocycles.